The summed E-state index contributed by atoms with van der Waals surface area (Å²) in [4.78, 5) is 26.1. The smallest absolute Gasteiger partial charge is 0.247 e. The number of hydrazine groups is 1. The summed E-state index contributed by atoms with van der Waals surface area (Å²) in [5.74, 6) is 0.0354. The van der Waals surface area contributed by atoms with Crippen LogP contribution in [0.4, 0.5) is 0 Å². The van der Waals surface area contributed by atoms with Crippen molar-refractivity contribution in [2.24, 2.45) is 5.41 Å². The predicted molar refractivity (Wildman–Crippen MR) is 119 cm³/mol. The Morgan fingerprint density at radius 3 is 2.13 bits per heavy atom. The summed E-state index contributed by atoms with van der Waals surface area (Å²) in [6.45, 7) is 10.1. The van der Waals surface area contributed by atoms with Crippen LogP contribution in [-0.4, -0.2) is 59.0 Å². The normalized spacial score (nSPS) is 30.6. The average Bonchev–Trinajstić information content (AvgIpc) is 2.99. The molecule has 1 aromatic carbocycles. The SMILES string of the molecule is CN1CCN(NC(=O)C23CCC(C)(c4nc5cc(Cl)c(Cl)cc5nc42)C3(C)C)CC1. The Kier molecular flexibility index (Phi) is 4.44. The lowest BCUT2D eigenvalue weighted by molar-refractivity contribution is -0.136. The van der Waals surface area contributed by atoms with Gasteiger partial charge in [0.05, 0.1) is 32.5 Å². The quantitative estimate of drug-likeness (QED) is 0.762. The first-order valence-corrected chi connectivity index (χ1v) is 11.3. The zero-order valence-electron chi connectivity index (χ0n) is 17.9. The largest absolute Gasteiger partial charge is 0.304 e. The number of rotatable bonds is 2. The van der Waals surface area contributed by atoms with Gasteiger partial charge in [-0.15, -0.1) is 0 Å². The van der Waals surface area contributed by atoms with Crippen LogP contribution in [0.25, 0.3) is 11.0 Å². The van der Waals surface area contributed by atoms with Gasteiger partial charge in [-0.05, 0) is 37.4 Å². The highest BCUT2D eigenvalue weighted by atomic mass is 35.5. The maximum Gasteiger partial charge on any atom is 0.247 e. The Bertz CT molecular complexity index is 1070. The van der Waals surface area contributed by atoms with E-state index in [1.807, 2.05) is 5.01 Å². The van der Waals surface area contributed by atoms with Crippen molar-refractivity contribution in [3.05, 3.63) is 33.6 Å². The van der Waals surface area contributed by atoms with Crippen molar-refractivity contribution in [1.29, 1.82) is 0 Å². The summed E-state index contributed by atoms with van der Waals surface area (Å²) >= 11 is 12.5. The molecule has 2 aliphatic carbocycles. The van der Waals surface area contributed by atoms with Gasteiger partial charge in [-0.1, -0.05) is 44.0 Å². The molecule has 2 aromatic rings. The van der Waals surface area contributed by atoms with Gasteiger partial charge in [-0.2, -0.15) is 0 Å². The van der Waals surface area contributed by atoms with E-state index in [2.05, 4.69) is 38.1 Å². The highest BCUT2D eigenvalue weighted by molar-refractivity contribution is 6.42. The van der Waals surface area contributed by atoms with Crippen molar-refractivity contribution >= 4 is 40.1 Å². The van der Waals surface area contributed by atoms with Gasteiger partial charge in [0, 0.05) is 31.6 Å². The highest BCUT2D eigenvalue weighted by Crippen LogP contribution is 2.70. The topological polar surface area (TPSA) is 61.4 Å². The first-order chi connectivity index (χ1) is 14.1. The van der Waals surface area contributed by atoms with Crippen LogP contribution in [0.1, 0.15) is 45.0 Å². The van der Waals surface area contributed by atoms with E-state index in [1.54, 1.807) is 12.1 Å². The van der Waals surface area contributed by atoms with Gasteiger partial charge in [0.15, 0.2) is 0 Å². The number of halogens is 2. The molecule has 30 heavy (non-hydrogen) atoms. The van der Waals surface area contributed by atoms with Gasteiger partial charge < -0.3 is 4.90 Å². The number of aromatic nitrogens is 2. The Hall–Kier alpha value is -1.47. The number of amides is 1. The first-order valence-electron chi connectivity index (χ1n) is 10.5. The van der Waals surface area contributed by atoms with Crippen molar-refractivity contribution in [2.75, 3.05) is 33.2 Å². The van der Waals surface area contributed by atoms with Crippen LogP contribution in [0, 0.1) is 5.41 Å². The molecule has 2 unspecified atom stereocenters. The molecular weight excluding hydrogens is 421 g/mol. The molecule has 2 heterocycles. The minimum atomic E-state index is -0.715. The second-order valence-corrected chi connectivity index (χ2v) is 10.6. The van der Waals surface area contributed by atoms with E-state index in [0.717, 1.165) is 55.9 Å². The zero-order valence-corrected chi connectivity index (χ0v) is 19.4. The molecule has 6 nitrogen and oxygen atoms in total. The molecular formula is C22H27Cl2N5O. The maximum atomic E-state index is 13.9. The van der Waals surface area contributed by atoms with Crippen LogP contribution in [0.15, 0.2) is 12.1 Å². The molecule has 1 N–H and O–H groups in total. The van der Waals surface area contributed by atoms with Crippen LogP contribution in [0.2, 0.25) is 10.0 Å². The molecule has 1 aromatic heterocycles. The molecule has 1 aliphatic heterocycles. The van der Waals surface area contributed by atoms with E-state index < -0.39 is 5.41 Å². The summed E-state index contributed by atoms with van der Waals surface area (Å²) in [5, 5.41) is 2.96. The molecule has 160 valence electrons. The van der Waals surface area contributed by atoms with Crippen LogP contribution < -0.4 is 5.43 Å². The Balaban J connectivity index is 1.63. The zero-order chi connectivity index (χ0) is 21.5. The van der Waals surface area contributed by atoms with Crippen molar-refractivity contribution in [3.63, 3.8) is 0 Å². The summed E-state index contributed by atoms with van der Waals surface area (Å²) in [7, 11) is 2.11. The fourth-order valence-electron chi connectivity index (χ4n) is 5.76. The summed E-state index contributed by atoms with van der Waals surface area (Å²) < 4.78 is 0. The van der Waals surface area contributed by atoms with Gasteiger partial charge in [0.25, 0.3) is 0 Å². The Morgan fingerprint density at radius 1 is 0.967 bits per heavy atom. The number of hydrogen-bond donors (Lipinski definition) is 1. The molecule has 5 rings (SSSR count). The molecule has 2 atom stereocenters. The third-order valence-corrected chi connectivity index (χ3v) is 8.95. The number of nitrogens with zero attached hydrogens (tertiary/aromatic N) is 4. The predicted octanol–water partition coefficient (Wildman–Crippen LogP) is 3.54. The van der Waals surface area contributed by atoms with E-state index >= 15 is 0 Å². The molecule has 1 saturated carbocycles. The fourth-order valence-corrected chi connectivity index (χ4v) is 6.07. The summed E-state index contributed by atoms with van der Waals surface area (Å²) in [6, 6.07) is 3.52. The minimum absolute atomic E-state index is 0.0354. The fraction of sp³-hybridized carbons (Fsp3) is 0.591. The van der Waals surface area contributed by atoms with Crippen LogP contribution in [0.5, 0.6) is 0 Å². The summed E-state index contributed by atoms with van der Waals surface area (Å²) in [5.41, 5.74) is 5.12. The molecule has 2 fully saturated rings. The van der Waals surface area contributed by atoms with Gasteiger partial charge >= 0.3 is 0 Å². The van der Waals surface area contributed by atoms with E-state index in [9.17, 15) is 4.79 Å². The third kappa shape index (κ3) is 2.48. The van der Waals surface area contributed by atoms with Crippen molar-refractivity contribution in [1.82, 2.24) is 25.3 Å². The molecule has 0 radical (unpaired) electrons. The molecule has 8 heteroatoms. The number of fused-ring (bicyclic) bond motifs is 6. The standard InChI is InChI=1S/C22H27Cl2N5O/c1-20(2)21(3)5-6-22(20,19(30)27-29-9-7-28(4)8-10-29)18-17(21)25-15-11-13(23)14(24)12-16(15)26-18/h11-12H,5-10H2,1-4H3,(H,27,30). The number of carbonyl (C=O) groups excluding carboxylic acids is 1. The molecule has 3 aliphatic rings. The second kappa shape index (κ2) is 6.52. The summed E-state index contributed by atoms with van der Waals surface area (Å²) in [6.07, 6.45) is 1.68. The second-order valence-electron chi connectivity index (χ2n) is 9.77. The average molecular weight is 448 g/mol. The third-order valence-electron chi connectivity index (χ3n) is 8.23. The number of likely N-dealkylation sites (N-methyl/N-ethyl adjacent to an activating group) is 1. The number of carbonyl (C=O) groups is 1. The molecule has 1 saturated heterocycles. The maximum absolute atomic E-state index is 13.9. The highest BCUT2D eigenvalue weighted by Gasteiger charge is 2.73. The monoisotopic (exact) mass is 447 g/mol. The van der Waals surface area contributed by atoms with Crippen molar-refractivity contribution in [2.45, 2.75) is 44.4 Å². The lowest BCUT2D eigenvalue weighted by Crippen LogP contribution is -2.59. The lowest BCUT2D eigenvalue weighted by atomic mass is 9.63. The first kappa shape index (κ1) is 20.4. The van der Waals surface area contributed by atoms with E-state index in [1.165, 1.54) is 0 Å². The van der Waals surface area contributed by atoms with Gasteiger partial charge in [-0.25, -0.2) is 15.0 Å². The molecule has 1 amide bonds. The number of hydrogen-bond acceptors (Lipinski definition) is 5. The van der Waals surface area contributed by atoms with E-state index in [4.69, 9.17) is 33.2 Å². The van der Waals surface area contributed by atoms with Gasteiger partial charge in [0.1, 0.15) is 5.41 Å². The minimum Gasteiger partial charge on any atom is -0.304 e. The van der Waals surface area contributed by atoms with E-state index in [0.29, 0.717) is 15.6 Å². The van der Waals surface area contributed by atoms with Crippen LogP contribution >= 0.6 is 23.2 Å². The van der Waals surface area contributed by atoms with Crippen molar-refractivity contribution in [3.8, 4) is 0 Å². The molecule has 0 spiro atoms. The Labute approximate surface area is 186 Å². The lowest BCUT2D eigenvalue weighted by Gasteiger charge is -2.41. The number of benzene rings is 1. The van der Waals surface area contributed by atoms with Crippen LogP contribution in [0.3, 0.4) is 0 Å². The van der Waals surface area contributed by atoms with Gasteiger partial charge in [0.2, 0.25) is 5.91 Å². The number of nitrogens with one attached hydrogen (secondary N) is 1. The van der Waals surface area contributed by atoms with E-state index in [-0.39, 0.29) is 16.7 Å². The molecule has 2 bridgehead atoms. The van der Waals surface area contributed by atoms with Crippen LogP contribution in [-0.2, 0) is 15.6 Å². The van der Waals surface area contributed by atoms with Crippen molar-refractivity contribution < 1.29 is 4.79 Å². The Morgan fingerprint density at radius 2 is 1.53 bits per heavy atom. The number of piperazine rings is 1. The van der Waals surface area contributed by atoms with Gasteiger partial charge in [-0.3, -0.25) is 10.2 Å².